The summed E-state index contributed by atoms with van der Waals surface area (Å²) in [5.74, 6) is -0.0896. The summed E-state index contributed by atoms with van der Waals surface area (Å²) in [6.45, 7) is 0. The third-order valence-corrected chi connectivity index (χ3v) is 4.22. The van der Waals surface area contributed by atoms with Crippen LogP contribution in [0.2, 0.25) is 0 Å². The van der Waals surface area contributed by atoms with Gasteiger partial charge in [-0.1, -0.05) is 18.9 Å². The Morgan fingerprint density at radius 2 is 2.00 bits per heavy atom. The normalized spacial score (nSPS) is 19.6. The van der Waals surface area contributed by atoms with Gasteiger partial charge in [0.25, 0.3) is 0 Å². The summed E-state index contributed by atoms with van der Waals surface area (Å²) in [7, 11) is -3.05. The van der Waals surface area contributed by atoms with Crippen molar-refractivity contribution in [1.29, 1.82) is 0 Å². The molecule has 0 aromatic rings. The van der Waals surface area contributed by atoms with Crippen LogP contribution in [-0.4, -0.2) is 32.3 Å². The van der Waals surface area contributed by atoms with E-state index in [0.29, 0.717) is 0 Å². The molecular weight excluding hydrogens is 250 g/mol. The molecule has 0 spiro atoms. The van der Waals surface area contributed by atoms with Crippen LogP contribution in [0.4, 0.5) is 0 Å². The molecule has 4 nitrogen and oxygen atoms in total. The van der Waals surface area contributed by atoms with Crippen molar-refractivity contribution in [3.8, 4) is 0 Å². The lowest BCUT2D eigenvalue weighted by atomic mass is 9.94. The number of rotatable bonds is 5. The van der Waals surface area contributed by atoms with E-state index in [4.69, 9.17) is 5.73 Å². The highest BCUT2D eigenvalue weighted by Gasteiger charge is 2.19. The van der Waals surface area contributed by atoms with E-state index in [0.717, 1.165) is 37.7 Å². The minimum absolute atomic E-state index is 0.0206. The minimum Gasteiger partial charge on any atom is -0.321 e. The van der Waals surface area contributed by atoms with E-state index >= 15 is 0 Å². The summed E-state index contributed by atoms with van der Waals surface area (Å²) in [5.41, 5.74) is 6.59. The highest BCUT2D eigenvalue weighted by Crippen LogP contribution is 2.19. The third-order valence-electron chi connectivity index (χ3n) is 3.24. The molecule has 1 aliphatic rings. The smallest absolute Gasteiger partial charge is 0.175 e. The second-order valence-corrected chi connectivity index (χ2v) is 7.33. The van der Waals surface area contributed by atoms with Gasteiger partial charge in [-0.05, 0) is 37.7 Å². The fourth-order valence-electron chi connectivity index (χ4n) is 2.13. The van der Waals surface area contributed by atoms with Crippen LogP contribution in [-0.2, 0) is 14.6 Å². The van der Waals surface area contributed by atoms with Crippen LogP contribution in [0.1, 0.15) is 44.9 Å². The fourth-order valence-corrected chi connectivity index (χ4v) is 2.81. The van der Waals surface area contributed by atoms with Gasteiger partial charge in [-0.25, -0.2) is 8.42 Å². The fraction of sp³-hybridized carbons (Fsp3) is 0.769. The lowest BCUT2D eigenvalue weighted by molar-refractivity contribution is -0.117. The van der Waals surface area contributed by atoms with Gasteiger partial charge in [0.15, 0.2) is 5.78 Å². The number of hydrogen-bond donors (Lipinski definition) is 1. The van der Waals surface area contributed by atoms with Crippen LogP contribution in [0.15, 0.2) is 11.6 Å². The molecule has 0 bridgehead atoms. The number of carbonyl (C=O) groups is 1. The molecule has 0 aromatic heterocycles. The van der Waals surface area contributed by atoms with Crippen molar-refractivity contribution in [2.75, 3.05) is 12.0 Å². The maximum Gasteiger partial charge on any atom is 0.175 e. The maximum absolute atomic E-state index is 12.1. The van der Waals surface area contributed by atoms with E-state index < -0.39 is 15.9 Å². The Balaban J connectivity index is 2.56. The molecule has 0 heterocycles. The van der Waals surface area contributed by atoms with E-state index in [-0.39, 0.29) is 18.0 Å². The van der Waals surface area contributed by atoms with Crippen molar-refractivity contribution in [1.82, 2.24) is 0 Å². The molecule has 1 rings (SSSR count). The molecule has 5 heteroatoms. The monoisotopic (exact) mass is 273 g/mol. The van der Waals surface area contributed by atoms with Crippen molar-refractivity contribution in [3.05, 3.63) is 11.6 Å². The molecule has 18 heavy (non-hydrogen) atoms. The average Bonchev–Trinajstić information content (AvgIpc) is 2.23. The van der Waals surface area contributed by atoms with Gasteiger partial charge in [-0.15, -0.1) is 0 Å². The van der Waals surface area contributed by atoms with Crippen LogP contribution in [0.25, 0.3) is 0 Å². The molecule has 1 unspecified atom stereocenters. The second kappa shape index (κ2) is 7.04. The first kappa shape index (κ1) is 15.4. The zero-order valence-corrected chi connectivity index (χ0v) is 11.8. The molecule has 0 saturated heterocycles. The Kier molecular flexibility index (Phi) is 6.02. The molecule has 1 aliphatic carbocycles. The third kappa shape index (κ3) is 5.78. The summed E-state index contributed by atoms with van der Waals surface area (Å²) in [6, 6.07) is -0.676. The zero-order valence-electron chi connectivity index (χ0n) is 11.0. The summed E-state index contributed by atoms with van der Waals surface area (Å²) >= 11 is 0. The van der Waals surface area contributed by atoms with Crippen LogP contribution < -0.4 is 5.73 Å². The van der Waals surface area contributed by atoms with Gasteiger partial charge in [-0.3, -0.25) is 4.79 Å². The van der Waals surface area contributed by atoms with E-state index in [9.17, 15) is 13.2 Å². The highest BCUT2D eigenvalue weighted by atomic mass is 32.2. The maximum atomic E-state index is 12.1. The molecule has 0 amide bonds. The predicted molar refractivity (Wildman–Crippen MR) is 73.1 cm³/mol. The average molecular weight is 273 g/mol. The first-order chi connectivity index (χ1) is 8.40. The molecular formula is C13H23NO3S. The van der Waals surface area contributed by atoms with Crippen LogP contribution in [0, 0.1) is 0 Å². The molecule has 104 valence electrons. The summed E-state index contributed by atoms with van der Waals surface area (Å²) in [6.07, 6.45) is 9.61. The van der Waals surface area contributed by atoms with E-state index in [2.05, 4.69) is 0 Å². The number of sulfone groups is 1. The van der Waals surface area contributed by atoms with Crippen LogP contribution in [0.3, 0.4) is 0 Å². The molecule has 2 N–H and O–H groups in total. The first-order valence-electron chi connectivity index (χ1n) is 6.57. The van der Waals surface area contributed by atoms with Crippen LogP contribution in [0.5, 0.6) is 0 Å². The van der Waals surface area contributed by atoms with Gasteiger partial charge in [0, 0.05) is 6.26 Å². The minimum atomic E-state index is -3.05. The van der Waals surface area contributed by atoms with E-state index in [1.165, 1.54) is 12.7 Å². The molecule has 0 saturated carbocycles. The number of nitrogens with two attached hydrogens (primary N) is 1. The lowest BCUT2D eigenvalue weighted by Gasteiger charge is -2.15. The predicted octanol–water partition coefficient (Wildman–Crippen LogP) is 1.60. The van der Waals surface area contributed by atoms with Crippen LogP contribution >= 0.6 is 0 Å². The Bertz CT molecular complexity index is 412. The van der Waals surface area contributed by atoms with Gasteiger partial charge in [0.1, 0.15) is 9.84 Å². The van der Waals surface area contributed by atoms with Gasteiger partial charge in [0.05, 0.1) is 11.8 Å². The van der Waals surface area contributed by atoms with Crippen molar-refractivity contribution < 1.29 is 13.2 Å². The molecule has 0 aliphatic heterocycles. The number of allylic oxidation sites excluding steroid dienone is 1. The van der Waals surface area contributed by atoms with Gasteiger partial charge >= 0.3 is 0 Å². The summed E-state index contributed by atoms with van der Waals surface area (Å²) in [4.78, 5) is 12.1. The molecule has 0 radical (unpaired) electrons. The zero-order chi connectivity index (χ0) is 13.6. The van der Waals surface area contributed by atoms with Gasteiger partial charge < -0.3 is 5.73 Å². The SMILES string of the molecule is CS(=O)(=O)CCC(N)C(=O)C1=CCCCCCC1. The number of Topliss-reactive ketones (excluding diaryl/α,β-unsaturated/α-hetero) is 1. The Labute approximate surface area is 110 Å². The summed E-state index contributed by atoms with van der Waals surface area (Å²) in [5, 5.41) is 0. The quantitative estimate of drug-likeness (QED) is 0.825. The standard InChI is InChI=1S/C13H23NO3S/c1-18(16,17)10-9-12(14)13(15)11-7-5-3-2-4-6-8-11/h7,12H,2-6,8-10,14H2,1H3. The van der Waals surface area contributed by atoms with Crippen molar-refractivity contribution in [2.45, 2.75) is 51.0 Å². The number of carbonyl (C=O) groups excluding carboxylic acids is 1. The number of ketones is 1. The second-order valence-electron chi connectivity index (χ2n) is 5.07. The molecule has 0 fully saturated rings. The largest absolute Gasteiger partial charge is 0.321 e. The van der Waals surface area contributed by atoms with E-state index in [1.807, 2.05) is 6.08 Å². The highest BCUT2D eigenvalue weighted by molar-refractivity contribution is 7.90. The van der Waals surface area contributed by atoms with Gasteiger partial charge in [-0.2, -0.15) is 0 Å². The Hall–Kier alpha value is -0.680. The van der Waals surface area contributed by atoms with Crippen molar-refractivity contribution in [3.63, 3.8) is 0 Å². The Morgan fingerprint density at radius 1 is 1.33 bits per heavy atom. The number of hydrogen-bond acceptors (Lipinski definition) is 4. The first-order valence-corrected chi connectivity index (χ1v) is 8.63. The summed E-state index contributed by atoms with van der Waals surface area (Å²) < 4.78 is 22.1. The topological polar surface area (TPSA) is 77.2 Å². The van der Waals surface area contributed by atoms with Crippen molar-refractivity contribution in [2.24, 2.45) is 5.73 Å². The Morgan fingerprint density at radius 3 is 2.67 bits per heavy atom. The van der Waals surface area contributed by atoms with E-state index in [1.54, 1.807) is 0 Å². The van der Waals surface area contributed by atoms with Crippen molar-refractivity contribution >= 4 is 15.6 Å². The lowest BCUT2D eigenvalue weighted by Crippen LogP contribution is -2.33. The molecule has 1 atom stereocenters. The molecule has 0 aromatic carbocycles. The van der Waals surface area contributed by atoms with Gasteiger partial charge in [0.2, 0.25) is 0 Å².